The second kappa shape index (κ2) is 14.0. The van der Waals surface area contributed by atoms with Crippen LogP contribution in [-0.2, 0) is 4.74 Å². The standard InChI is InChI=1S/C15H33NO/c1-4-6-7-8-9-10-12-15(16-3)13-11-14-17-5-2/h15-16H,4-14H2,1-3H3. The first-order valence-electron chi connectivity index (χ1n) is 7.60. The predicted molar refractivity (Wildman–Crippen MR) is 76.6 cm³/mol. The molecule has 0 saturated heterocycles. The Hall–Kier alpha value is -0.0800. The molecule has 0 aliphatic rings. The minimum Gasteiger partial charge on any atom is -0.382 e. The monoisotopic (exact) mass is 243 g/mol. The first-order valence-corrected chi connectivity index (χ1v) is 7.60. The minimum absolute atomic E-state index is 0.696. The van der Waals surface area contributed by atoms with Crippen LogP contribution in [0.1, 0.15) is 71.6 Å². The summed E-state index contributed by atoms with van der Waals surface area (Å²) in [6.45, 7) is 6.11. The van der Waals surface area contributed by atoms with Crippen molar-refractivity contribution < 1.29 is 4.74 Å². The fraction of sp³-hybridized carbons (Fsp3) is 1.00. The number of unbranched alkanes of at least 4 members (excludes halogenated alkanes) is 5. The highest BCUT2D eigenvalue weighted by Gasteiger charge is 2.05. The molecule has 0 aromatic heterocycles. The average molecular weight is 243 g/mol. The van der Waals surface area contributed by atoms with E-state index in [2.05, 4.69) is 26.2 Å². The lowest BCUT2D eigenvalue weighted by molar-refractivity contribution is 0.140. The number of ether oxygens (including phenoxy) is 1. The molecule has 0 bridgehead atoms. The SMILES string of the molecule is CCCCCCCCC(CCCOCC)NC. The number of rotatable bonds is 13. The molecule has 0 aromatic carbocycles. The first kappa shape index (κ1) is 16.9. The van der Waals surface area contributed by atoms with E-state index in [1.165, 1.54) is 57.8 Å². The Balaban J connectivity index is 3.28. The summed E-state index contributed by atoms with van der Waals surface area (Å²) in [5.41, 5.74) is 0. The van der Waals surface area contributed by atoms with Crippen molar-refractivity contribution in [2.24, 2.45) is 0 Å². The molecular weight excluding hydrogens is 210 g/mol. The lowest BCUT2D eigenvalue weighted by Gasteiger charge is -2.15. The number of hydrogen-bond acceptors (Lipinski definition) is 2. The van der Waals surface area contributed by atoms with Gasteiger partial charge in [-0.15, -0.1) is 0 Å². The Labute approximate surface area is 109 Å². The highest BCUT2D eigenvalue weighted by molar-refractivity contribution is 4.64. The summed E-state index contributed by atoms with van der Waals surface area (Å²) in [5, 5.41) is 3.43. The van der Waals surface area contributed by atoms with Crippen molar-refractivity contribution in [3.8, 4) is 0 Å². The summed E-state index contributed by atoms with van der Waals surface area (Å²) in [6.07, 6.45) is 12.2. The Morgan fingerprint density at radius 1 is 0.882 bits per heavy atom. The van der Waals surface area contributed by atoms with Crippen LogP contribution in [0.5, 0.6) is 0 Å². The van der Waals surface area contributed by atoms with Crippen molar-refractivity contribution in [3.63, 3.8) is 0 Å². The van der Waals surface area contributed by atoms with E-state index in [-0.39, 0.29) is 0 Å². The van der Waals surface area contributed by atoms with E-state index >= 15 is 0 Å². The van der Waals surface area contributed by atoms with Crippen molar-refractivity contribution in [3.05, 3.63) is 0 Å². The van der Waals surface area contributed by atoms with Crippen molar-refractivity contribution >= 4 is 0 Å². The van der Waals surface area contributed by atoms with Gasteiger partial charge in [-0.2, -0.15) is 0 Å². The van der Waals surface area contributed by atoms with E-state index < -0.39 is 0 Å². The van der Waals surface area contributed by atoms with Crippen molar-refractivity contribution in [1.82, 2.24) is 5.32 Å². The van der Waals surface area contributed by atoms with Gasteiger partial charge in [-0.05, 0) is 33.2 Å². The lowest BCUT2D eigenvalue weighted by atomic mass is 10.0. The first-order chi connectivity index (χ1) is 8.35. The zero-order chi connectivity index (χ0) is 12.8. The zero-order valence-corrected chi connectivity index (χ0v) is 12.3. The second-order valence-electron chi connectivity index (χ2n) is 4.88. The second-order valence-corrected chi connectivity index (χ2v) is 4.88. The molecule has 0 aliphatic heterocycles. The summed E-state index contributed by atoms with van der Waals surface area (Å²) >= 11 is 0. The van der Waals surface area contributed by atoms with E-state index in [0.717, 1.165) is 13.2 Å². The molecule has 1 unspecified atom stereocenters. The van der Waals surface area contributed by atoms with Gasteiger partial charge >= 0.3 is 0 Å². The van der Waals surface area contributed by atoms with Crippen LogP contribution in [0.15, 0.2) is 0 Å². The Morgan fingerprint density at radius 3 is 2.18 bits per heavy atom. The number of hydrogen-bond donors (Lipinski definition) is 1. The lowest BCUT2D eigenvalue weighted by Crippen LogP contribution is -2.25. The van der Waals surface area contributed by atoms with Crippen molar-refractivity contribution in [2.75, 3.05) is 20.3 Å². The third-order valence-corrected chi connectivity index (χ3v) is 3.36. The molecule has 0 fully saturated rings. The fourth-order valence-electron chi connectivity index (χ4n) is 2.18. The van der Waals surface area contributed by atoms with Gasteiger partial charge in [0, 0.05) is 19.3 Å². The highest BCUT2D eigenvalue weighted by atomic mass is 16.5. The zero-order valence-electron chi connectivity index (χ0n) is 12.3. The maximum atomic E-state index is 5.37. The Bertz CT molecular complexity index is 139. The van der Waals surface area contributed by atoms with E-state index in [4.69, 9.17) is 4.74 Å². The molecule has 0 amide bonds. The molecule has 0 saturated carbocycles. The quantitative estimate of drug-likeness (QED) is 0.491. The van der Waals surface area contributed by atoms with Crippen LogP contribution in [0.2, 0.25) is 0 Å². The summed E-state index contributed by atoms with van der Waals surface area (Å²) in [7, 11) is 2.09. The average Bonchev–Trinajstić information content (AvgIpc) is 2.36. The molecule has 0 aromatic rings. The van der Waals surface area contributed by atoms with Gasteiger partial charge in [0.15, 0.2) is 0 Å². The smallest absolute Gasteiger partial charge is 0.0466 e. The van der Waals surface area contributed by atoms with Crippen LogP contribution in [0.3, 0.4) is 0 Å². The minimum atomic E-state index is 0.696. The summed E-state index contributed by atoms with van der Waals surface area (Å²) in [5.74, 6) is 0. The molecule has 1 atom stereocenters. The number of nitrogens with one attached hydrogen (secondary N) is 1. The predicted octanol–water partition coefficient (Wildman–Crippen LogP) is 4.14. The third kappa shape index (κ3) is 12.2. The molecule has 17 heavy (non-hydrogen) atoms. The molecule has 0 aliphatic carbocycles. The molecule has 2 nitrogen and oxygen atoms in total. The van der Waals surface area contributed by atoms with Crippen LogP contribution in [-0.4, -0.2) is 26.3 Å². The maximum Gasteiger partial charge on any atom is 0.0466 e. The van der Waals surface area contributed by atoms with Gasteiger partial charge in [0.25, 0.3) is 0 Å². The molecule has 2 heteroatoms. The Morgan fingerprint density at radius 2 is 1.53 bits per heavy atom. The van der Waals surface area contributed by atoms with E-state index in [1.807, 2.05) is 0 Å². The van der Waals surface area contributed by atoms with Crippen LogP contribution < -0.4 is 5.32 Å². The Kier molecular flexibility index (Phi) is 13.9. The van der Waals surface area contributed by atoms with E-state index in [0.29, 0.717) is 6.04 Å². The fourth-order valence-corrected chi connectivity index (χ4v) is 2.18. The summed E-state index contributed by atoms with van der Waals surface area (Å²) in [4.78, 5) is 0. The molecule has 0 rings (SSSR count). The van der Waals surface area contributed by atoms with Crippen LogP contribution in [0.25, 0.3) is 0 Å². The van der Waals surface area contributed by atoms with Gasteiger partial charge in [-0.3, -0.25) is 0 Å². The maximum absolute atomic E-state index is 5.37. The van der Waals surface area contributed by atoms with E-state index in [9.17, 15) is 0 Å². The van der Waals surface area contributed by atoms with Crippen LogP contribution in [0.4, 0.5) is 0 Å². The normalized spacial score (nSPS) is 12.9. The van der Waals surface area contributed by atoms with Crippen LogP contribution >= 0.6 is 0 Å². The van der Waals surface area contributed by atoms with Gasteiger partial charge in [0.1, 0.15) is 0 Å². The molecular formula is C15H33NO. The third-order valence-electron chi connectivity index (χ3n) is 3.36. The van der Waals surface area contributed by atoms with Gasteiger partial charge in [0.2, 0.25) is 0 Å². The molecule has 104 valence electrons. The summed E-state index contributed by atoms with van der Waals surface area (Å²) < 4.78 is 5.37. The molecule has 0 radical (unpaired) electrons. The highest BCUT2D eigenvalue weighted by Crippen LogP contribution is 2.11. The molecule has 0 heterocycles. The van der Waals surface area contributed by atoms with Gasteiger partial charge in [-0.25, -0.2) is 0 Å². The molecule has 1 N–H and O–H groups in total. The van der Waals surface area contributed by atoms with Gasteiger partial charge in [-0.1, -0.05) is 45.4 Å². The van der Waals surface area contributed by atoms with Crippen molar-refractivity contribution in [1.29, 1.82) is 0 Å². The molecule has 0 spiro atoms. The topological polar surface area (TPSA) is 21.3 Å². The van der Waals surface area contributed by atoms with Crippen LogP contribution in [0, 0.1) is 0 Å². The van der Waals surface area contributed by atoms with Gasteiger partial charge < -0.3 is 10.1 Å². The van der Waals surface area contributed by atoms with Gasteiger partial charge in [0.05, 0.1) is 0 Å². The largest absolute Gasteiger partial charge is 0.382 e. The van der Waals surface area contributed by atoms with E-state index in [1.54, 1.807) is 0 Å². The van der Waals surface area contributed by atoms with Crippen molar-refractivity contribution in [2.45, 2.75) is 77.7 Å². The summed E-state index contributed by atoms with van der Waals surface area (Å²) in [6, 6.07) is 0.696.